The highest BCUT2D eigenvalue weighted by atomic mass is 32.1. The van der Waals surface area contributed by atoms with Gasteiger partial charge in [-0.3, -0.25) is 9.59 Å². The molecule has 22 heavy (non-hydrogen) atoms. The van der Waals surface area contributed by atoms with Crippen molar-refractivity contribution in [1.29, 1.82) is 0 Å². The highest BCUT2D eigenvalue weighted by molar-refractivity contribution is 7.15. The molecule has 7 nitrogen and oxygen atoms in total. The summed E-state index contributed by atoms with van der Waals surface area (Å²) in [7, 11) is 2.13. The molecule has 1 aliphatic heterocycles. The lowest BCUT2D eigenvalue weighted by Crippen LogP contribution is -3.12. The molecule has 2 rings (SSSR count). The lowest BCUT2D eigenvalue weighted by Gasteiger charge is -2.30. The van der Waals surface area contributed by atoms with E-state index in [4.69, 9.17) is 0 Å². The molecule has 8 heteroatoms. The molecule has 0 unspecified atom stereocenters. The smallest absolute Gasteiger partial charge is 0.226 e. The molecule has 0 aromatic carbocycles. The summed E-state index contributed by atoms with van der Waals surface area (Å²) in [5, 5.41) is 12.1. The van der Waals surface area contributed by atoms with Crippen LogP contribution in [0.15, 0.2) is 0 Å². The van der Waals surface area contributed by atoms with Crippen LogP contribution in [0.1, 0.15) is 37.6 Å². The topological polar surface area (TPSA) is 79.6 Å². The number of piperazine rings is 1. The molecule has 1 aliphatic rings. The first kappa shape index (κ1) is 16.8. The lowest BCUT2D eigenvalue weighted by atomic mass is 10.2. The second-order valence-corrected chi connectivity index (χ2v) is 7.00. The van der Waals surface area contributed by atoms with Gasteiger partial charge in [-0.25, -0.2) is 0 Å². The van der Waals surface area contributed by atoms with Crippen LogP contribution in [-0.4, -0.2) is 60.1 Å². The number of nitrogens with zero attached hydrogens (tertiary/aromatic N) is 3. The number of aromatic nitrogens is 2. The van der Waals surface area contributed by atoms with E-state index in [1.54, 1.807) is 0 Å². The summed E-state index contributed by atoms with van der Waals surface area (Å²) < 4.78 is 0. The SMILES string of the molecule is CC(C)c1nnc(NC(=O)CCC(=O)N2CC[NH+](C)CC2)s1. The van der Waals surface area contributed by atoms with Crippen LogP contribution in [0, 0.1) is 0 Å². The molecule has 0 saturated carbocycles. The number of hydrogen-bond acceptors (Lipinski definition) is 5. The molecule has 2 heterocycles. The fraction of sp³-hybridized carbons (Fsp3) is 0.714. The molecule has 0 atom stereocenters. The predicted molar refractivity (Wildman–Crippen MR) is 85.1 cm³/mol. The minimum absolute atomic E-state index is 0.0581. The Balaban J connectivity index is 1.74. The first-order valence-electron chi connectivity index (χ1n) is 7.68. The Hall–Kier alpha value is -1.54. The fourth-order valence-electron chi connectivity index (χ4n) is 2.22. The summed E-state index contributed by atoms with van der Waals surface area (Å²) in [4.78, 5) is 27.2. The Kier molecular flexibility index (Phi) is 5.84. The van der Waals surface area contributed by atoms with Gasteiger partial charge >= 0.3 is 0 Å². The zero-order valence-corrected chi connectivity index (χ0v) is 14.2. The minimum Gasteiger partial charge on any atom is -0.334 e. The monoisotopic (exact) mass is 326 g/mol. The van der Waals surface area contributed by atoms with E-state index >= 15 is 0 Å². The maximum atomic E-state index is 12.1. The first-order valence-corrected chi connectivity index (χ1v) is 8.49. The van der Waals surface area contributed by atoms with Crippen molar-refractivity contribution >= 4 is 28.3 Å². The Morgan fingerprint density at radius 2 is 1.95 bits per heavy atom. The van der Waals surface area contributed by atoms with E-state index in [1.807, 2.05) is 18.7 Å². The van der Waals surface area contributed by atoms with Crippen molar-refractivity contribution < 1.29 is 14.5 Å². The largest absolute Gasteiger partial charge is 0.334 e. The molecule has 0 spiro atoms. The van der Waals surface area contributed by atoms with Crippen LogP contribution < -0.4 is 10.2 Å². The molecular weight excluding hydrogens is 302 g/mol. The van der Waals surface area contributed by atoms with Gasteiger partial charge in [-0.2, -0.15) is 0 Å². The van der Waals surface area contributed by atoms with Crippen molar-refractivity contribution in [3.8, 4) is 0 Å². The number of hydrogen-bond donors (Lipinski definition) is 2. The normalized spacial score (nSPS) is 16.1. The average Bonchev–Trinajstić information content (AvgIpc) is 2.94. The summed E-state index contributed by atoms with van der Waals surface area (Å²) in [6, 6.07) is 0. The molecule has 0 bridgehead atoms. The van der Waals surface area contributed by atoms with Gasteiger partial charge < -0.3 is 15.1 Å². The number of nitrogens with one attached hydrogen (secondary N) is 2. The third kappa shape index (κ3) is 4.74. The van der Waals surface area contributed by atoms with Crippen LogP contribution in [0.2, 0.25) is 0 Å². The van der Waals surface area contributed by atoms with Crippen LogP contribution in [0.5, 0.6) is 0 Å². The number of anilines is 1. The Bertz CT molecular complexity index is 523. The van der Waals surface area contributed by atoms with E-state index < -0.39 is 0 Å². The molecule has 0 radical (unpaired) electrons. The van der Waals surface area contributed by atoms with E-state index in [1.165, 1.54) is 16.2 Å². The van der Waals surface area contributed by atoms with Gasteiger partial charge in [0.25, 0.3) is 0 Å². The maximum Gasteiger partial charge on any atom is 0.226 e. The van der Waals surface area contributed by atoms with Crippen molar-refractivity contribution in [3.05, 3.63) is 5.01 Å². The molecule has 1 aromatic heterocycles. The number of carbonyl (C=O) groups is 2. The van der Waals surface area contributed by atoms with Crippen molar-refractivity contribution in [3.63, 3.8) is 0 Å². The molecule has 1 saturated heterocycles. The lowest BCUT2D eigenvalue weighted by molar-refractivity contribution is -0.883. The van der Waals surface area contributed by atoms with Gasteiger partial charge in [-0.15, -0.1) is 10.2 Å². The van der Waals surface area contributed by atoms with Crippen molar-refractivity contribution in [1.82, 2.24) is 15.1 Å². The van der Waals surface area contributed by atoms with Gasteiger partial charge in [0.1, 0.15) is 5.01 Å². The molecule has 1 fully saturated rings. The van der Waals surface area contributed by atoms with Crippen LogP contribution in [0.3, 0.4) is 0 Å². The number of likely N-dealkylation sites (N-methyl/N-ethyl adjacent to an activating group) is 1. The third-order valence-corrected chi connectivity index (χ3v) is 4.86. The van der Waals surface area contributed by atoms with Gasteiger partial charge in [-0.05, 0) is 0 Å². The number of rotatable bonds is 5. The second kappa shape index (κ2) is 7.64. The molecular formula is C14H24N5O2S+. The molecule has 0 aliphatic carbocycles. The minimum atomic E-state index is -0.181. The van der Waals surface area contributed by atoms with Crippen molar-refractivity contribution in [2.24, 2.45) is 0 Å². The first-order chi connectivity index (χ1) is 10.5. The quantitative estimate of drug-likeness (QED) is 0.781. The predicted octanol–water partition coefficient (Wildman–Crippen LogP) is -0.263. The average molecular weight is 326 g/mol. The van der Waals surface area contributed by atoms with Crippen molar-refractivity contribution in [2.75, 3.05) is 38.5 Å². The molecule has 2 amide bonds. The van der Waals surface area contributed by atoms with Crippen molar-refractivity contribution in [2.45, 2.75) is 32.6 Å². The van der Waals surface area contributed by atoms with Crippen LogP contribution >= 0.6 is 11.3 Å². The van der Waals surface area contributed by atoms with Gasteiger partial charge in [-0.1, -0.05) is 25.2 Å². The summed E-state index contributed by atoms with van der Waals surface area (Å²) >= 11 is 1.38. The Morgan fingerprint density at radius 1 is 1.27 bits per heavy atom. The molecule has 1 aromatic rings. The summed E-state index contributed by atoms with van der Waals surface area (Å²) in [5.74, 6) is 0.173. The number of quaternary nitrogens is 1. The Labute approximate surface area is 134 Å². The Morgan fingerprint density at radius 3 is 2.55 bits per heavy atom. The van der Waals surface area contributed by atoms with Crippen LogP contribution in [-0.2, 0) is 9.59 Å². The van der Waals surface area contributed by atoms with Gasteiger partial charge in [0, 0.05) is 18.8 Å². The molecule has 122 valence electrons. The van der Waals surface area contributed by atoms with Gasteiger partial charge in [0.05, 0.1) is 33.2 Å². The summed E-state index contributed by atoms with van der Waals surface area (Å²) in [6.45, 7) is 7.56. The highest BCUT2D eigenvalue weighted by Crippen LogP contribution is 2.22. The van der Waals surface area contributed by atoms with E-state index in [0.717, 1.165) is 31.2 Å². The zero-order valence-electron chi connectivity index (χ0n) is 13.4. The fourth-order valence-corrected chi connectivity index (χ4v) is 2.98. The summed E-state index contributed by atoms with van der Waals surface area (Å²) in [6.07, 6.45) is 0.440. The van der Waals surface area contributed by atoms with Crippen LogP contribution in [0.25, 0.3) is 0 Å². The van der Waals surface area contributed by atoms with Gasteiger partial charge in [0.2, 0.25) is 16.9 Å². The summed E-state index contributed by atoms with van der Waals surface area (Å²) in [5.41, 5.74) is 0. The zero-order chi connectivity index (χ0) is 16.1. The van der Waals surface area contributed by atoms with Crippen LogP contribution in [0.4, 0.5) is 5.13 Å². The van der Waals surface area contributed by atoms with E-state index in [9.17, 15) is 9.59 Å². The highest BCUT2D eigenvalue weighted by Gasteiger charge is 2.21. The third-order valence-electron chi connectivity index (χ3n) is 3.72. The van der Waals surface area contributed by atoms with E-state index in [-0.39, 0.29) is 24.7 Å². The van der Waals surface area contributed by atoms with E-state index in [0.29, 0.717) is 11.0 Å². The maximum absolute atomic E-state index is 12.1. The second-order valence-electron chi connectivity index (χ2n) is 5.99. The molecule has 2 N–H and O–H groups in total. The standard InChI is InChI=1S/C14H23N5O2S/c1-10(2)13-16-17-14(22-13)15-11(20)4-5-12(21)19-8-6-18(3)7-9-19/h10H,4-9H2,1-3H3,(H,15,17,20)/p+1. The van der Waals surface area contributed by atoms with E-state index in [2.05, 4.69) is 22.6 Å². The number of amides is 2. The number of carbonyl (C=O) groups excluding carboxylic acids is 2. The van der Waals surface area contributed by atoms with Gasteiger partial charge in [0.15, 0.2) is 0 Å².